The van der Waals surface area contributed by atoms with E-state index in [9.17, 15) is 0 Å². The molecule has 0 amide bonds. The first-order valence-corrected chi connectivity index (χ1v) is 15.5. The van der Waals surface area contributed by atoms with E-state index in [-0.39, 0.29) is 5.41 Å². The van der Waals surface area contributed by atoms with Crippen molar-refractivity contribution in [2.75, 3.05) is 0 Å². The first-order valence-electron chi connectivity index (χ1n) is 15.5. The first kappa shape index (κ1) is 28.9. The zero-order valence-electron chi connectivity index (χ0n) is 25.9. The molecule has 0 aliphatic heterocycles. The second-order valence-corrected chi connectivity index (χ2v) is 12.6. The van der Waals surface area contributed by atoms with Gasteiger partial charge in [0.2, 0.25) is 0 Å². The topological polar surface area (TPSA) is 35.6 Å². The predicted molar refractivity (Wildman–Crippen MR) is 174 cm³/mol. The van der Waals surface area contributed by atoms with Crippen molar-refractivity contribution in [3.05, 3.63) is 95.7 Å². The van der Waals surface area contributed by atoms with Crippen LogP contribution < -0.4 is 0 Å². The molecule has 0 spiro atoms. The summed E-state index contributed by atoms with van der Waals surface area (Å²) >= 11 is 0. The van der Waals surface area contributed by atoms with Crippen molar-refractivity contribution in [2.24, 2.45) is 0 Å². The molecule has 41 heavy (non-hydrogen) atoms. The van der Waals surface area contributed by atoms with E-state index in [0.717, 1.165) is 43.0 Å². The van der Waals surface area contributed by atoms with Crippen molar-refractivity contribution in [2.45, 2.75) is 98.6 Å². The summed E-state index contributed by atoms with van der Waals surface area (Å²) < 4.78 is 4.67. The van der Waals surface area contributed by atoms with Gasteiger partial charge in [0.15, 0.2) is 0 Å². The van der Waals surface area contributed by atoms with Crippen LogP contribution in [0, 0.1) is 6.92 Å². The van der Waals surface area contributed by atoms with Gasteiger partial charge in [0.05, 0.1) is 23.1 Å². The molecule has 2 aromatic heterocycles. The van der Waals surface area contributed by atoms with Crippen molar-refractivity contribution >= 4 is 11.0 Å². The van der Waals surface area contributed by atoms with E-state index in [1.807, 2.05) is 6.33 Å². The largest absolute Gasteiger partial charge is 0.337 e. The van der Waals surface area contributed by atoms with Gasteiger partial charge >= 0.3 is 0 Å². The molecule has 0 aliphatic carbocycles. The molecule has 0 bridgehead atoms. The van der Waals surface area contributed by atoms with Crippen LogP contribution >= 0.6 is 0 Å². The van der Waals surface area contributed by atoms with Crippen molar-refractivity contribution in [3.8, 4) is 22.4 Å². The van der Waals surface area contributed by atoms with E-state index in [0.29, 0.717) is 0 Å². The number of imidazole rings is 2. The van der Waals surface area contributed by atoms with Crippen LogP contribution in [0.25, 0.3) is 33.4 Å². The van der Waals surface area contributed by atoms with Gasteiger partial charge in [-0.2, -0.15) is 0 Å². The minimum absolute atomic E-state index is 0.0977. The molecule has 0 saturated heterocycles. The van der Waals surface area contributed by atoms with E-state index >= 15 is 0 Å². The van der Waals surface area contributed by atoms with Crippen LogP contribution in [0.15, 0.2) is 73.2 Å². The summed E-state index contributed by atoms with van der Waals surface area (Å²) in [7, 11) is 0. The maximum atomic E-state index is 5.14. The third-order valence-corrected chi connectivity index (χ3v) is 8.14. The molecule has 0 saturated carbocycles. The average Bonchev–Trinajstić information content (AvgIpc) is 3.57. The molecule has 0 fully saturated rings. The van der Waals surface area contributed by atoms with Gasteiger partial charge in [-0.1, -0.05) is 102 Å². The number of rotatable bonds is 11. The Morgan fingerprint density at radius 1 is 0.829 bits per heavy atom. The Labute approximate surface area is 246 Å². The quantitative estimate of drug-likeness (QED) is 0.155. The van der Waals surface area contributed by atoms with Gasteiger partial charge in [-0.15, -0.1) is 0 Å². The first-order chi connectivity index (χ1) is 19.8. The fourth-order valence-electron chi connectivity index (χ4n) is 5.89. The lowest BCUT2D eigenvalue weighted by Gasteiger charge is -2.23. The second kappa shape index (κ2) is 12.5. The van der Waals surface area contributed by atoms with Gasteiger partial charge in [-0.3, -0.25) is 0 Å². The minimum Gasteiger partial charge on any atom is -0.337 e. The van der Waals surface area contributed by atoms with E-state index in [1.54, 1.807) is 0 Å². The standard InChI is InChI=1S/C37H46N4/c1-7-9-10-13-21-40-25-33(38-26-40)30-22-27(3)36-34(23-30)41(35(39-36)14-8-2)24-28-17-19-29(20-18-28)31-15-11-12-16-32(31)37(4,5)6/h11-12,15-20,22-23,25-26H,7-10,13-14,21,24H2,1-6H3. The zero-order chi connectivity index (χ0) is 29.0. The van der Waals surface area contributed by atoms with Crippen LogP contribution in [-0.2, 0) is 24.9 Å². The van der Waals surface area contributed by atoms with Crippen LogP contribution in [-0.4, -0.2) is 19.1 Å². The molecular weight excluding hydrogens is 500 g/mol. The summed E-state index contributed by atoms with van der Waals surface area (Å²) in [6.07, 6.45) is 11.3. The van der Waals surface area contributed by atoms with Gasteiger partial charge in [0.1, 0.15) is 5.82 Å². The molecule has 4 nitrogen and oxygen atoms in total. The van der Waals surface area contributed by atoms with Crippen molar-refractivity contribution < 1.29 is 0 Å². The molecule has 214 valence electrons. The van der Waals surface area contributed by atoms with Crippen LogP contribution in [0.2, 0.25) is 0 Å². The van der Waals surface area contributed by atoms with E-state index in [4.69, 9.17) is 9.97 Å². The van der Waals surface area contributed by atoms with Gasteiger partial charge in [0, 0.05) is 31.3 Å². The number of hydrogen-bond donors (Lipinski definition) is 0. The number of benzene rings is 3. The minimum atomic E-state index is 0.0977. The Hall–Kier alpha value is -3.66. The highest BCUT2D eigenvalue weighted by Crippen LogP contribution is 2.33. The molecule has 4 heteroatoms. The zero-order valence-corrected chi connectivity index (χ0v) is 25.9. The normalized spacial score (nSPS) is 12.0. The van der Waals surface area contributed by atoms with Crippen molar-refractivity contribution in [1.29, 1.82) is 0 Å². The molecular formula is C37H46N4. The summed E-state index contributed by atoms with van der Waals surface area (Å²) in [5.41, 5.74) is 11.1. The van der Waals surface area contributed by atoms with Crippen LogP contribution in [0.4, 0.5) is 0 Å². The Morgan fingerprint density at radius 3 is 2.34 bits per heavy atom. The Kier molecular flexibility index (Phi) is 8.77. The second-order valence-electron chi connectivity index (χ2n) is 12.6. The summed E-state index contributed by atoms with van der Waals surface area (Å²) in [5, 5.41) is 0. The number of nitrogens with zero attached hydrogens (tertiary/aromatic N) is 4. The lowest BCUT2D eigenvalue weighted by Crippen LogP contribution is -2.12. The summed E-state index contributed by atoms with van der Waals surface area (Å²) in [6, 6.07) is 22.5. The molecule has 0 unspecified atom stereocenters. The molecule has 0 radical (unpaired) electrons. The monoisotopic (exact) mass is 546 g/mol. The Morgan fingerprint density at radius 2 is 1.61 bits per heavy atom. The van der Waals surface area contributed by atoms with Gasteiger partial charge in [-0.25, -0.2) is 9.97 Å². The lowest BCUT2D eigenvalue weighted by molar-refractivity contribution is 0.582. The molecule has 5 rings (SSSR count). The maximum absolute atomic E-state index is 5.14. The van der Waals surface area contributed by atoms with E-state index in [1.165, 1.54) is 64.6 Å². The number of fused-ring (bicyclic) bond motifs is 1. The van der Waals surface area contributed by atoms with Gasteiger partial charge in [0.25, 0.3) is 0 Å². The number of aromatic nitrogens is 4. The van der Waals surface area contributed by atoms with E-state index in [2.05, 4.69) is 118 Å². The van der Waals surface area contributed by atoms with Gasteiger partial charge in [-0.05, 0) is 65.1 Å². The highest BCUT2D eigenvalue weighted by molar-refractivity contribution is 5.85. The summed E-state index contributed by atoms with van der Waals surface area (Å²) in [5.74, 6) is 1.16. The SMILES string of the molecule is CCCCCCn1cnc(-c2cc(C)c3nc(CCC)n(Cc4ccc(-c5ccccc5C(C)(C)C)cc4)c3c2)c1. The smallest absolute Gasteiger partial charge is 0.110 e. The molecule has 2 heterocycles. The summed E-state index contributed by atoms with van der Waals surface area (Å²) in [4.78, 5) is 9.92. The molecule has 0 atom stereocenters. The molecule has 3 aromatic carbocycles. The third-order valence-electron chi connectivity index (χ3n) is 8.14. The highest BCUT2D eigenvalue weighted by atomic mass is 15.1. The number of aryl methyl sites for hydroxylation is 3. The molecule has 0 aliphatic rings. The van der Waals surface area contributed by atoms with Crippen LogP contribution in [0.1, 0.15) is 89.2 Å². The molecule has 0 N–H and O–H groups in total. The third kappa shape index (κ3) is 6.48. The average molecular weight is 547 g/mol. The highest BCUT2D eigenvalue weighted by Gasteiger charge is 2.19. The number of hydrogen-bond acceptors (Lipinski definition) is 2. The Balaban J connectivity index is 1.46. The van der Waals surface area contributed by atoms with Crippen LogP contribution in [0.3, 0.4) is 0 Å². The Bertz CT molecular complexity index is 1590. The van der Waals surface area contributed by atoms with Crippen LogP contribution in [0.5, 0.6) is 0 Å². The lowest BCUT2D eigenvalue weighted by atomic mass is 9.82. The summed E-state index contributed by atoms with van der Waals surface area (Å²) in [6.45, 7) is 15.4. The fraction of sp³-hybridized carbons (Fsp3) is 0.405. The maximum Gasteiger partial charge on any atom is 0.110 e. The van der Waals surface area contributed by atoms with Gasteiger partial charge < -0.3 is 9.13 Å². The van der Waals surface area contributed by atoms with Crippen molar-refractivity contribution in [1.82, 2.24) is 19.1 Å². The fourth-order valence-corrected chi connectivity index (χ4v) is 5.89. The molecule has 5 aromatic rings. The van der Waals surface area contributed by atoms with Crippen molar-refractivity contribution in [3.63, 3.8) is 0 Å². The number of unbranched alkanes of at least 4 members (excludes halogenated alkanes) is 3. The predicted octanol–water partition coefficient (Wildman–Crippen LogP) is 9.75. The van der Waals surface area contributed by atoms with E-state index < -0.39 is 0 Å².